The van der Waals surface area contributed by atoms with Gasteiger partial charge in [0.2, 0.25) is 0 Å². The van der Waals surface area contributed by atoms with E-state index >= 15 is 0 Å². The molecule has 0 fully saturated rings. The highest BCUT2D eigenvalue weighted by atomic mass is 16.5. The monoisotopic (exact) mass is 374 g/mol. The highest BCUT2D eigenvalue weighted by Crippen LogP contribution is 2.27. The molecule has 0 aromatic heterocycles. The zero-order valence-electron chi connectivity index (χ0n) is 15.2. The number of allylic oxidation sites excluding steroid dienone is 1. The van der Waals surface area contributed by atoms with Crippen molar-refractivity contribution < 1.29 is 24.2 Å². The van der Waals surface area contributed by atoms with Crippen molar-refractivity contribution >= 4 is 17.5 Å². The summed E-state index contributed by atoms with van der Waals surface area (Å²) >= 11 is 0. The molecule has 5 nitrogen and oxygen atoms in total. The molecule has 3 aromatic carbocycles. The van der Waals surface area contributed by atoms with E-state index in [4.69, 9.17) is 9.47 Å². The fourth-order valence-electron chi connectivity index (χ4n) is 2.54. The van der Waals surface area contributed by atoms with Crippen molar-refractivity contribution in [2.75, 3.05) is 7.11 Å². The van der Waals surface area contributed by atoms with Gasteiger partial charge in [0.15, 0.2) is 5.78 Å². The molecule has 1 N–H and O–H groups in total. The third-order valence-electron chi connectivity index (χ3n) is 4.00. The molecule has 140 valence electrons. The van der Waals surface area contributed by atoms with Crippen LogP contribution < -0.4 is 9.47 Å². The smallest absolute Gasteiger partial charge is 0.343 e. The number of esters is 1. The maximum absolute atomic E-state index is 12.7. The second kappa shape index (κ2) is 8.68. The van der Waals surface area contributed by atoms with Crippen LogP contribution in [0, 0.1) is 0 Å². The van der Waals surface area contributed by atoms with Crippen molar-refractivity contribution in [3.8, 4) is 11.5 Å². The number of aliphatic hydroxyl groups is 1. The minimum absolute atomic E-state index is 0.0512. The van der Waals surface area contributed by atoms with Gasteiger partial charge in [-0.05, 0) is 24.3 Å². The first-order chi connectivity index (χ1) is 13.6. The van der Waals surface area contributed by atoms with E-state index in [2.05, 4.69) is 0 Å². The average molecular weight is 374 g/mol. The van der Waals surface area contributed by atoms with E-state index in [0.29, 0.717) is 16.9 Å². The summed E-state index contributed by atoms with van der Waals surface area (Å²) < 4.78 is 10.6. The Bertz CT molecular complexity index is 1010. The lowest BCUT2D eigenvalue weighted by Crippen LogP contribution is -2.11. The van der Waals surface area contributed by atoms with Crippen LogP contribution >= 0.6 is 0 Å². The molecule has 0 aliphatic carbocycles. The van der Waals surface area contributed by atoms with Gasteiger partial charge in [0.25, 0.3) is 0 Å². The molecule has 0 spiro atoms. The minimum Gasteiger partial charge on any atom is -0.507 e. The second-order valence-corrected chi connectivity index (χ2v) is 5.88. The first-order valence-corrected chi connectivity index (χ1v) is 8.54. The Morgan fingerprint density at radius 1 is 0.857 bits per heavy atom. The van der Waals surface area contributed by atoms with E-state index in [1.807, 2.05) is 6.07 Å². The highest BCUT2D eigenvalue weighted by Gasteiger charge is 2.17. The van der Waals surface area contributed by atoms with Crippen molar-refractivity contribution in [3.63, 3.8) is 0 Å². The lowest BCUT2D eigenvalue weighted by Gasteiger charge is -2.10. The SMILES string of the molecule is COc1ccc(C(=O)/C=C(\O)c2ccccc2)c(OC(=O)c2ccccc2)c1. The number of hydrogen-bond acceptors (Lipinski definition) is 5. The molecule has 0 atom stereocenters. The van der Waals surface area contributed by atoms with Crippen LogP contribution in [-0.2, 0) is 0 Å². The molecule has 3 aromatic rings. The molecule has 5 heteroatoms. The Balaban J connectivity index is 1.92. The van der Waals surface area contributed by atoms with Gasteiger partial charge in [-0.15, -0.1) is 0 Å². The second-order valence-electron chi connectivity index (χ2n) is 5.88. The molecule has 0 unspecified atom stereocenters. The number of carbonyl (C=O) groups excluding carboxylic acids is 2. The number of hydrogen-bond donors (Lipinski definition) is 1. The molecule has 0 heterocycles. The number of methoxy groups -OCH3 is 1. The summed E-state index contributed by atoms with van der Waals surface area (Å²) in [7, 11) is 1.47. The van der Waals surface area contributed by atoms with Crippen molar-refractivity contribution in [1.29, 1.82) is 0 Å². The summed E-state index contributed by atoms with van der Waals surface area (Å²) in [6.45, 7) is 0. The van der Waals surface area contributed by atoms with E-state index in [1.165, 1.54) is 19.2 Å². The van der Waals surface area contributed by atoms with Gasteiger partial charge in [-0.25, -0.2) is 4.79 Å². The summed E-state index contributed by atoms with van der Waals surface area (Å²) in [5.41, 5.74) is 0.992. The fraction of sp³-hybridized carbons (Fsp3) is 0.0435. The van der Waals surface area contributed by atoms with E-state index < -0.39 is 11.8 Å². The van der Waals surface area contributed by atoms with Crippen molar-refractivity contribution in [1.82, 2.24) is 0 Å². The Morgan fingerprint density at radius 3 is 2.07 bits per heavy atom. The molecule has 28 heavy (non-hydrogen) atoms. The number of rotatable bonds is 6. The lowest BCUT2D eigenvalue weighted by atomic mass is 10.1. The molecular weight excluding hydrogens is 356 g/mol. The predicted octanol–water partition coefficient (Wildman–Crippen LogP) is 4.70. The Kier molecular flexibility index (Phi) is 5.87. The minimum atomic E-state index is -0.598. The quantitative estimate of drug-likeness (QED) is 0.223. The summed E-state index contributed by atoms with van der Waals surface area (Å²) in [5.74, 6) is -0.792. The fourth-order valence-corrected chi connectivity index (χ4v) is 2.54. The molecule has 0 radical (unpaired) electrons. The third-order valence-corrected chi connectivity index (χ3v) is 4.00. The van der Waals surface area contributed by atoms with Gasteiger partial charge in [-0.3, -0.25) is 4.79 Å². The molecule has 0 aliphatic heterocycles. The van der Waals surface area contributed by atoms with E-state index in [1.54, 1.807) is 60.7 Å². The summed E-state index contributed by atoms with van der Waals surface area (Å²) in [5, 5.41) is 10.2. The Labute approximate surface area is 162 Å². The maximum atomic E-state index is 12.7. The van der Waals surface area contributed by atoms with Crippen LogP contribution in [0.4, 0.5) is 0 Å². The number of benzene rings is 3. The van der Waals surface area contributed by atoms with Crippen molar-refractivity contribution in [3.05, 3.63) is 102 Å². The number of ether oxygens (including phenoxy) is 2. The Morgan fingerprint density at radius 2 is 1.46 bits per heavy atom. The van der Waals surface area contributed by atoms with Crippen molar-refractivity contribution in [2.45, 2.75) is 0 Å². The molecule has 3 rings (SSSR count). The van der Waals surface area contributed by atoms with Gasteiger partial charge in [0.1, 0.15) is 17.3 Å². The molecule has 0 aliphatic rings. The summed E-state index contributed by atoms with van der Waals surface area (Å²) in [6, 6.07) is 21.7. The molecular formula is C23H18O5. The highest BCUT2D eigenvalue weighted by molar-refractivity contribution is 6.10. The number of carbonyl (C=O) groups is 2. The first-order valence-electron chi connectivity index (χ1n) is 8.54. The zero-order chi connectivity index (χ0) is 19.9. The van der Waals surface area contributed by atoms with Gasteiger partial charge in [-0.2, -0.15) is 0 Å². The van der Waals surface area contributed by atoms with Gasteiger partial charge in [-0.1, -0.05) is 48.5 Å². The van der Waals surface area contributed by atoms with Gasteiger partial charge >= 0.3 is 5.97 Å². The number of aliphatic hydroxyl groups excluding tert-OH is 1. The van der Waals surface area contributed by atoms with Crippen LogP contribution in [0.2, 0.25) is 0 Å². The van der Waals surface area contributed by atoms with Crippen LogP contribution in [0.15, 0.2) is 84.9 Å². The van der Waals surface area contributed by atoms with E-state index in [0.717, 1.165) is 6.08 Å². The van der Waals surface area contributed by atoms with Gasteiger partial charge in [0, 0.05) is 17.7 Å². The zero-order valence-corrected chi connectivity index (χ0v) is 15.2. The van der Waals surface area contributed by atoms with Gasteiger partial charge < -0.3 is 14.6 Å². The topological polar surface area (TPSA) is 72.8 Å². The predicted molar refractivity (Wildman–Crippen MR) is 106 cm³/mol. The largest absolute Gasteiger partial charge is 0.507 e. The van der Waals surface area contributed by atoms with Crippen LogP contribution in [0.25, 0.3) is 5.76 Å². The first kappa shape index (κ1) is 18.9. The summed E-state index contributed by atoms with van der Waals surface area (Å²) in [4.78, 5) is 25.1. The van der Waals surface area contributed by atoms with E-state index in [-0.39, 0.29) is 17.1 Å². The Hall–Kier alpha value is -3.86. The van der Waals surface area contributed by atoms with E-state index in [9.17, 15) is 14.7 Å². The maximum Gasteiger partial charge on any atom is 0.343 e. The van der Waals surface area contributed by atoms with Crippen LogP contribution in [-0.4, -0.2) is 24.0 Å². The standard InChI is InChI=1S/C23H18O5/c1-27-18-12-13-19(21(25)15-20(24)16-8-4-2-5-9-16)22(14-18)28-23(26)17-10-6-3-7-11-17/h2-15,24H,1H3/b20-15-. The average Bonchev–Trinajstić information content (AvgIpc) is 2.74. The normalized spacial score (nSPS) is 11.0. The molecule has 0 saturated carbocycles. The molecule has 0 saturated heterocycles. The lowest BCUT2D eigenvalue weighted by molar-refractivity contribution is 0.0733. The molecule has 0 amide bonds. The van der Waals surface area contributed by atoms with Crippen molar-refractivity contribution in [2.24, 2.45) is 0 Å². The van der Waals surface area contributed by atoms with Gasteiger partial charge in [0.05, 0.1) is 18.2 Å². The molecule has 0 bridgehead atoms. The van der Waals surface area contributed by atoms with Crippen LogP contribution in [0.1, 0.15) is 26.3 Å². The summed E-state index contributed by atoms with van der Waals surface area (Å²) in [6.07, 6.45) is 1.09. The number of ketones is 1. The third kappa shape index (κ3) is 4.45. The van der Waals surface area contributed by atoms with Crippen LogP contribution in [0.5, 0.6) is 11.5 Å². The van der Waals surface area contributed by atoms with Crippen LogP contribution in [0.3, 0.4) is 0 Å².